The molecule has 272 valence electrons. The van der Waals surface area contributed by atoms with Crippen LogP contribution in [-0.4, -0.2) is 54.1 Å². The van der Waals surface area contributed by atoms with Crippen LogP contribution in [-0.2, 0) is 34.9 Å². The van der Waals surface area contributed by atoms with Crippen molar-refractivity contribution in [1.29, 1.82) is 0 Å². The molecule has 2 heterocycles. The number of benzene rings is 4. The van der Waals surface area contributed by atoms with E-state index in [1.54, 1.807) is 6.08 Å². The number of allylic oxidation sites excluding steroid dienone is 4. The van der Waals surface area contributed by atoms with Crippen LogP contribution in [0.15, 0.2) is 121 Å². The third-order valence-electron chi connectivity index (χ3n) is 9.54. The molecule has 0 atom stereocenters. The number of carbonyl (C=O) groups is 1. The van der Waals surface area contributed by atoms with Gasteiger partial charge in [-0.1, -0.05) is 92.7 Å². The Morgan fingerprint density at radius 1 is 0.731 bits per heavy atom. The number of anilines is 2. The molecule has 0 aliphatic carbocycles. The number of carbonyl (C=O) groups excluding carboxylic acids is 1. The number of rotatable bonds is 8. The summed E-state index contributed by atoms with van der Waals surface area (Å²) in [6.07, 6.45) is 9.39. The van der Waals surface area contributed by atoms with Gasteiger partial charge in [-0.3, -0.25) is 4.79 Å². The first kappa shape index (κ1) is 46.8. The van der Waals surface area contributed by atoms with E-state index < -0.39 is 0 Å². The van der Waals surface area contributed by atoms with Gasteiger partial charge in [0.15, 0.2) is 5.71 Å². The Balaban J connectivity index is 0.000000416. The van der Waals surface area contributed by atoms with E-state index in [-0.39, 0.29) is 78.4 Å². The fraction of sp³-hybridized carbons (Fsp3) is 0.302. The summed E-state index contributed by atoms with van der Waals surface area (Å²) in [5.74, 6) is 0. The molecule has 0 radical (unpaired) electrons. The summed E-state index contributed by atoms with van der Waals surface area (Å²) in [7, 11) is 4.15. The second-order valence-electron chi connectivity index (χ2n) is 13.6. The molecule has 0 saturated carbocycles. The fourth-order valence-corrected chi connectivity index (χ4v) is 6.76. The van der Waals surface area contributed by atoms with Gasteiger partial charge in [-0.2, -0.15) is 4.58 Å². The average molecular weight is 753 g/mol. The van der Waals surface area contributed by atoms with Gasteiger partial charge in [0.25, 0.3) is 0 Å². The fourth-order valence-electron chi connectivity index (χ4n) is 6.76. The van der Waals surface area contributed by atoms with E-state index in [2.05, 4.69) is 117 Å². The Morgan fingerprint density at radius 3 is 1.75 bits per heavy atom. The van der Waals surface area contributed by atoms with E-state index in [1.165, 1.54) is 39.3 Å². The molecule has 2 aliphatic heterocycles. The van der Waals surface area contributed by atoms with Crippen molar-refractivity contribution in [3.63, 3.8) is 0 Å². The second kappa shape index (κ2) is 21.5. The topological polar surface area (TPSA) is 89.8 Å². The monoisotopic (exact) mass is 751 g/mol. The molecule has 0 unspecified atom stereocenters. The van der Waals surface area contributed by atoms with Crippen molar-refractivity contribution >= 4 is 29.1 Å². The van der Waals surface area contributed by atoms with E-state index in [9.17, 15) is 4.79 Å². The van der Waals surface area contributed by atoms with Gasteiger partial charge >= 0.3 is 29.6 Å². The largest absolute Gasteiger partial charge is 1.00 e. The molecule has 0 aromatic heterocycles. The number of nitrogens with two attached hydrogens (primary N) is 1. The maximum Gasteiger partial charge on any atom is 1.00 e. The number of para-hydroxylation sites is 2. The molecule has 0 saturated heterocycles. The standard InChI is InChI=1S/C22H26NO.C13H15NO.C8H11NO.2ClH.Na/c1-22(2)19-8-4-5-9-20(19)23(3)21(22)10-6-7-17-11-13-18(14-12-17)15-16-24;1-13(2)10-6-4-5-7-11(10)14(3)12(13)8-9-15;9-8-3-1-7(2-4-8)5-6-10;;;/h4-6,8-14,24H,7,15-16H2,1-3H3;4-9H,1-3H3;1-4,10H,5-6,9H2;2*1H;/q+1;;;;;+1/p-2/b10-6+;12-8-;;;;. The zero-order valence-electron chi connectivity index (χ0n) is 31.6. The van der Waals surface area contributed by atoms with Gasteiger partial charge < -0.3 is 45.7 Å². The number of nitrogens with zero attached hydrogens (tertiary/aromatic N) is 2. The number of nitrogen functional groups attached to an aromatic ring is 1. The number of halogens is 2. The molecule has 9 heteroatoms. The second-order valence-corrected chi connectivity index (χ2v) is 13.6. The molecule has 6 rings (SSSR count). The summed E-state index contributed by atoms with van der Waals surface area (Å²) in [5.41, 5.74) is 17.3. The Kier molecular flexibility index (Phi) is 19.3. The molecular weight excluding hydrogens is 700 g/mol. The number of fused-ring (bicyclic) bond motifs is 2. The molecule has 4 aromatic rings. The number of aliphatic hydroxyl groups excluding tert-OH is 2. The van der Waals surface area contributed by atoms with Crippen molar-refractivity contribution in [3.05, 3.63) is 149 Å². The average Bonchev–Trinajstić information content (AvgIpc) is 3.41. The predicted molar refractivity (Wildman–Crippen MR) is 204 cm³/mol. The maximum absolute atomic E-state index is 10.6. The predicted octanol–water partition coefficient (Wildman–Crippen LogP) is -1.66. The van der Waals surface area contributed by atoms with Crippen LogP contribution in [0.2, 0.25) is 0 Å². The van der Waals surface area contributed by atoms with E-state index in [1.807, 2.05) is 43.4 Å². The molecule has 0 amide bonds. The number of likely N-dealkylation sites (N-methyl/N-ethyl adjacent to an activating group) is 1. The first-order valence-electron chi connectivity index (χ1n) is 17.0. The van der Waals surface area contributed by atoms with Gasteiger partial charge in [-0.25, -0.2) is 0 Å². The summed E-state index contributed by atoms with van der Waals surface area (Å²) >= 11 is 0. The zero-order valence-corrected chi connectivity index (χ0v) is 35.1. The summed E-state index contributed by atoms with van der Waals surface area (Å²) in [4.78, 5) is 12.7. The van der Waals surface area contributed by atoms with Crippen LogP contribution in [0, 0.1) is 0 Å². The van der Waals surface area contributed by atoms with Crippen molar-refractivity contribution in [1.82, 2.24) is 0 Å². The summed E-state index contributed by atoms with van der Waals surface area (Å²) < 4.78 is 2.30. The van der Waals surface area contributed by atoms with E-state index in [0.717, 1.165) is 36.1 Å². The minimum Gasteiger partial charge on any atom is -1.00 e. The van der Waals surface area contributed by atoms with Crippen LogP contribution in [0.1, 0.15) is 55.5 Å². The first-order valence-corrected chi connectivity index (χ1v) is 17.0. The molecular formula is C43H52Cl2N3NaO3. The van der Waals surface area contributed by atoms with Gasteiger partial charge in [-0.05, 0) is 79.6 Å². The van der Waals surface area contributed by atoms with Crippen LogP contribution in [0.5, 0.6) is 0 Å². The van der Waals surface area contributed by atoms with Crippen molar-refractivity contribution < 1.29 is 74.0 Å². The maximum atomic E-state index is 10.6. The number of hydrogen-bond donors (Lipinski definition) is 3. The smallest absolute Gasteiger partial charge is 1.00 e. The molecule has 0 bridgehead atoms. The molecule has 0 spiro atoms. The zero-order chi connectivity index (χ0) is 35.6. The molecule has 52 heavy (non-hydrogen) atoms. The third-order valence-corrected chi connectivity index (χ3v) is 9.54. The minimum absolute atomic E-state index is 0. The van der Waals surface area contributed by atoms with Gasteiger partial charge in [-0.15, -0.1) is 0 Å². The van der Waals surface area contributed by atoms with E-state index in [4.69, 9.17) is 15.9 Å². The van der Waals surface area contributed by atoms with E-state index in [0.29, 0.717) is 6.42 Å². The van der Waals surface area contributed by atoms with Crippen LogP contribution in [0.3, 0.4) is 0 Å². The molecule has 4 aromatic carbocycles. The molecule has 6 nitrogen and oxygen atoms in total. The first-order chi connectivity index (χ1) is 23.4. The number of aldehydes is 1. The van der Waals surface area contributed by atoms with Crippen molar-refractivity contribution in [2.75, 3.05) is 37.9 Å². The Labute approximate surface area is 345 Å². The number of hydrogen-bond acceptors (Lipinski definition) is 5. The van der Waals surface area contributed by atoms with Crippen LogP contribution < -0.4 is 65.0 Å². The van der Waals surface area contributed by atoms with Gasteiger partial charge in [0.05, 0.1) is 5.41 Å². The Morgan fingerprint density at radius 2 is 1.23 bits per heavy atom. The van der Waals surface area contributed by atoms with Crippen molar-refractivity contribution in [3.8, 4) is 0 Å². The Hall–Kier alpha value is -3.20. The third kappa shape index (κ3) is 11.2. The van der Waals surface area contributed by atoms with Crippen molar-refractivity contribution in [2.24, 2.45) is 0 Å². The SMILES string of the molecule is CN1/C(=C\C=O)C(C)(C)c2ccccc21.C[N+]1=C(/C=C/Cc2ccc(CCO)cc2)C(C)(C)c2ccccc21.Nc1ccc(CCO)cc1.[Cl-].[Cl-].[Na+]. The Bertz CT molecular complexity index is 1820. The number of aliphatic hydroxyl groups is 2. The summed E-state index contributed by atoms with van der Waals surface area (Å²) in [6, 6.07) is 32.9. The van der Waals surface area contributed by atoms with Crippen LogP contribution in [0.25, 0.3) is 0 Å². The van der Waals surface area contributed by atoms with Gasteiger partial charge in [0, 0.05) is 60.5 Å². The van der Waals surface area contributed by atoms with Gasteiger partial charge in [0.2, 0.25) is 5.69 Å². The van der Waals surface area contributed by atoms with Gasteiger partial charge in [0.1, 0.15) is 13.3 Å². The molecule has 2 aliphatic rings. The summed E-state index contributed by atoms with van der Waals surface area (Å²) in [6.45, 7) is 9.27. The molecule has 0 fully saturated rings. The summed E-state index contributed by atoms with van der Waals surface area (Å²) in [5, 5.41) is 17.5. The van der Waals surface area contributed by atoms with Crippen molar-refractivity contribution in [2.45, 2.75) is 57.8 Å². The minimum atomic E-state index is -0.0771. The quantitative estimate of drug-likeness (QED) is 0.0661. The van der Waals surface area contributed by atoms with Crippen LogP contribution >= 0.6 is 0 Å². The molecule has 4 N–H and O–H groups in total. The van der Waals surface area contributed by atoms with E-state index >= 15 is 0 Å². The van der Waals surface area contributed by atoms with Crippen LogP contribution in [0.4, 0.5) is 17.1 Å². The normalized spacial score (nSPS) is 15.2.